The maximum Gasteiger partial charge on any atom is 0.339 e. The van der Waals surface area contributed by atoms with Crippen LogP contribution in [-0.4, -0.2) is 49.3 Å². The summed E-state index contributed by atoms with van der Waals surface area (Å²) >= 11 is 1.50. The lowest BCUT2D eigenvalue weighted by Gasteiger charge is -2.28. The minimum Gasteiger partial charge on any atom is -0.452 e. The summed E-state index contributed by atoms with van der Waals surface area (Å²) in [6.07, 6.45) is 0.400. The highest BCUT2D eigenvalue weighted by Gasteiger charge is 2.35. The van der Waals surface area contributed by atoms with Crippen LogP contribution in [0.1, 0.15) is 32.1 Å². The standard InChI is InChI=1S/C20H23NO5S2/c1-14-10-18(15(2)27-14)20(23)26-12-19(22)21(11-16-6-4-3-5-7-16)17-8-9-28(24,25)13-17/h3-7,10,17H,8-9,11-13H2,1-2H3/t17-/m0/s1. The molecule has 1 aromatic heterocycles. The Morgan fingerprint density at radius 3 is 2.50 bits per heavy atom. The van der Waals surface area contributed by atoms with Crippen molar-refractivity contribution in [1.82, 2.24) is 4.90 Å². The van der Waals surface area contributed by atoms with E-state index >= 15 is 0 Å². The SMILES string of the molecule is Cc1cc(C(=O)OCC(=O)N(Cc2ccccc2)[C@H]2CCS(=O)(=O)C2)c(C)s1. The zero-order chi connectivity index (χ0) is 20.3. The molecule has 0 spiro atoms. The molecule has 1 aliphatic rings. The highest BCUT2D eigenvalue weighted by atomic mass is 32.2. The lowest BCUT2D eigenvalue weighted by atomic mass is 10.1. The second kappa shape index (κ2) is 8.45. The molecule has 1 atom stereocenters. The van der Waals surface area contributed by atoms with Crippen LogP contribution < -0.4 is 0 Å². The molecule has 0 radical (unpaired) electrons. The number of aryl methyl sites for hydroxylation is 2. The van der Waals surface area contributed by atoms with Crippen LogP contribution in [0.5, 0.6) is 0 Å². The van der Waals surface area contributed by atoms with Crippen molar-refractivity contribution in [3.63, 3.8) is 0 Å². The van der Waals surface area contributed by atoms with E-state index in [1.54, 1.807) is 6.07 Å². The quantitative estimate of drug-likeness (QED) is 0.670. The van der Waals surface area contributed by atoms with Gasteiger partial charge in [-0.25, -0.2) is 13.2 Å². The molecule has 3 rings (SSSR count). The number of carbonyl (C=O) groups is 2. The third-order valence-electron chi connectivity index (χ3n) is 4.75. The van der Waals surface area contributed by atoms with Crippen LogP contribution in [0.3, 0.4) is 0 Å². The Balaban J connectivity index is 1.71. The van der Waals surface area contributed by atoms with Crippen molar-refractivity contribution in [3.8, 4) is 0 Å². The molecular weight excluding hydrogens is 398 g/mol. The largest absolute Gasteiger partial charge is 0.452 e. The molecule has 0 unspecified atom stereocenters. The first-order valence-electron chi connectivity index (χ1n) is 9.03. The van der Waals surface area contributed by atoms with E-state index in [0.717, 1.165) is 15.3 Å². The van der Waals surface area contributed by atoms with Crippen LogP contribution in [0.15, 0.2) is 36.4 Å². The fourth-order valence-electron chi connectivity index (χ4n) is 3.34. The lowest BCUT2D eigenvalue weighted by Crippen LogP contribution is -2.42. The molecule has 1 saturated heterocycles. The van der Waals surface area contributed by atoms with Crippen molar-refractivity contribution in [2.24, 2.45) is 0 Å². The van der Waals surface area contributed by atoms with Gasteiger partial charge in [0.1, 0.15) is 0 Å². The van der Waals surface area contributed by atoms with E-state index in [4.69, 9.17) is 4.74 Å². The molecule has 1 aliphatic heterocycles. The molecule has 1 fully saturated rings. The van der Waals surface area contributed by atoms with Gasteiger partial charge in [-0.2, -0.15) is 0 Å². The number of hydrogen-bond donors (Lipinski definition) is 0. The fourth-order valence-corrected chi connectivity index (χ4v) is 5.99. The van der Waals surface area contributed by atoms with Gasteiger partial charge < -0.3 is 9.64 Å². The Morgan fingerprint density at radius 1 is 1.21 bits per heavy atom. The number of amides is 1. The summed E-state index contributed by atoms with van der Waals surface area (Å²) in [7, 11) is -3.14. The molecule has 150 valence electrons. The Morgan fingerprint density at radius 2 is 1.93 bits per heavy atom. The van der Waals surface area contributed by atoms with Crippen LogP contribution in [0, 0.1) is 13.8 Å². The summed E-state index contributed by atoms with van der Waals surface area (Å²) in [6.45, 7) is 3.62. The van der Waals surface area contributed by atoms with Crippen LogP contribution >= 0.6 is 11.3 Å². The molecule has 8 heteroatoms. The minimum atomic E-state index is -3.14. The first-order chi connectivity index (χ1) is 13.2. The third-order valence-corrected chi connectivity index (χ3v) is 7.47. The maximum absolute atomic E-state index is 12.8. The van der Waals surface area contributed by atoms with Gasteiger partial charge in [0.15, 0.2) is 16.4 Å². The van der Waals surface area contributed by atoms with Gasteiger partial charge in [-0.15, -0.1) is 11.3 Å². The summed E-state index contributed by atoms with van der Waals surface area (Å²) in [5.41, 5.74) is 1.36. The summed E-state index contributed by atoms with van der Waals surface area (Å²) in [4.78, 5) is 28.5. The third kappa shape index (κ3) is 4.99. The molecular formula is C20H23NO5S2. The van der Waals surface area contributed by atoms with Crippen molar-refractivity contribution in [2.75, 3.05) is 18.1 Å². The van der Waals surface area contributed by atoms with E-state index in [1.807, 2.05) is 44.2 Å². The number of hydrogen-bond acceptors (Lipinski definition) is 6. The number of carbonyl (C=O) groups excluding carboxylic acids is 2. The van der Waals surface area contributed by atoms with E-state index in [-0.39, 0.29) is 24.0 Å². The summed E-state index contributed by atoms with van der Waals surface area (Å²) in [6, 6.07) is 10.7. The summed E-state index contributed by atoms with van der Waals surface area (Å²) in [5, 5.41) is 0. The smallest absolute Gasteiger partial charge is 0.339 e. The normalized spacial score (nSPS) is 18.0. The molecule has 0 aliphatic carbocycles. The van der Waals surface area contributed by atoms with Crippen molar-refractivity contribution in [1.29, 1.82) is 0 Å². The van der Waals surface area contributed by atoms with Crippen molar-refractivity contribution < 1.29 is 22.7 Å². The van der Waals surface area contributed by atoms with E-state index in [2.05, 4.69) is 0 Å². The minimum absolute atomic E-state index is 0.0532. The number of sulfone groups is 1. The molecule has 2 aromatic rings. The van der Waals surface area contributed by atoms with Crippen molar-refractivity contribution in [3.05, 3.63) is 57.3 Å². The Kier molecular flexibility index (Phi) is 6.20. The Hall–Kier alpha value is -2.19. The molecule has 28 heavy (non-hydrogen) atoms. The molecule has 1 aromatic carbocycles. The molecule has 1 amide bonds. The second-order valence-electron chi connectivity index (χ2n) is 6.97. The van der Waals surface area contributed by atoms with Gasteiger partial charge in [-0.1, -0.05) is 30.3 Å². The first kappa shape index (κ1) is 20.5. The number of rotatable bonds is 6. The van der Waals surface area contributed by atoms with Crippen LogP contribution in [0.25, 0.3) is 0 Å². The molecule has 6 nitrogen and oxygen atoms in total. The van der Waals surface area contributed by atoms with Crippen LogP contribution in [0.2, 0.25) is 0 Å². The van der Waals surface area contributed by atoms with Gasteiger partial charge >= 0.3 is 5.97 Å². The number of nitrogens with zero attached hydrogens (tertiary/aromatic N) is 1. The lowest BCUT2D eigenvalue weighted by molar-refractivity contribution is -0.137. The monoisotopic (exact) mass is 421 g/mol. The van der Waals surface area contributed by atoms with Crippen LogP contribution in [-0.2, 0) is 25.9 Å². The van der Waals surface area contributed by atoms with Gasteiger partial charge in [-0.3, -0.25) is 4.79 Å². The van der Waals surface area contributed by atoms with Crippen molar-refractivity contribution >= 4 is 33.1 Å². The van der Waals surface area contributed by atoms with Crippen LogP contribution in [0.4, 0.5) is 0 Å². The molecule has 2 heterocycles. The predicted octanol–water partition coefficient (Wildman–Crippen LogP) is 2.74. The number of esters is 1. The molecule has 0 bridgehead atoms. The predicted molar refractivity (Wildman–Crippen MR) is 108 cm³/mol. The fraction of sp³-hybridized carbons (Fsp3) is 0.400. The molecule has 0 N–H and O–H groups in total. The number of benzene rings is 1. The zero-order valence-electron chi connectivity index (χ0n) is 15.9. The Bertz CT molecular complexity index is 966. The van der Waals surface area contributed by atoms with E-state index in [9.17, 15) is 18.0 Å². The summed E-state index contributed by atoms with van der Waals surface area (Å²) < 4.78 is 29.0. The van der Waals surface area contributed by atoms with E-state index in [0.29, 0.717) is 12.0 Å². The van der Waals surface area contributed by atoms with E-state index in [1.165, 1.54) is 16.2 Å². The van der Waals surface area contributed by atoms with Gasteiger partial charge in [0.25, 0.3) is 5.91 Å². The first-order valence-corrected chi connectivity index (χ1v) is 11.7. The Labute approximate surface area is 169 Å². The van der Waals surface area contributed by atoms with Gasteiger partial charge in [0.05, 0.1) is 17.1 Å². The maximum atomic E-state index is 12.8. The summed E-state index contributed by atoms with van der Waals surface area (Å²) in [5.74, 6) is -0.899. The zero-order valence-corrected chi connectivity index (χ0v) is 17.5. The highest BCUT2D eigenvalue weighted by molar-refractivity contribution is 7.91. The van der Waals surface area contributed by atoms with Crippen molar-refractivity contribution in [2.45, 2.75) is 32.9 Å². The second-order valence-corrected chi connectivity index (χ2v) is 10.7. The topological polar surface area (TPSA) is 80.8 Å². The average molecular weight is 422 g/mol. The van der Waals surface area contributed by atoms with Gasteiger partial charge in [0.2, 0.25) is 0 Å². The van der Waals surface area contributed by atoms with E-state index < -0.39 is 28.5 Å². The van der Waals surface area contributed by atoms with Gasteiger partial charge in [-0.05, 0) is 31.9 Å². The average Bonchev–Trinajstić information content (AvgIpc) is 3.18. The van der Waals surface area contributed by atoms with Gasteiger partial charge in [0, 0.05) is 22.3 Å². The highest BCUT2D eigenvalue weighted by Crippen LogP contribution is 2.22. The number of thiophene rings is 1. The number of ether oxygens (including phenoxy) is 1. The molecule has 0 saturated carbocycles.